The number of nitrogen functional groups attached to an aromatic ring is 1. The van der Waals surface area contributed by atoms with Crippen LogP contribution in [0, 0.1) is 0 Å². The summed E-state index contributed by atoms with van der Waals surface area (Å²) in [7, 11) is 2.04. The van der Waals surface area contributed by atoms with Crippen molar-refractivity contribution >= 4 is 11.4 Å². The van der Waals surface area contributed by atoms with Gasteiger partial charge in [-0.25, -0.2) is 0 Å². The number of alkyl halides is 3. The van der Waals surface area contributed by atoms with Gasteiger partial charge in [-0.3, -0.25) is 0 Å². The van der Waals surface area contributed by atoms with E-state index < -0.39 is 11.7 Å². The summed E-state index contributed by atoms with van der Waals surface area (Å²) in [5, 5.41) is 0. The third-order valence-corrected chi connectivity index (χ3v) is 3.66. The van der Waals surface area contributed by atoms with Gasteiger partial charge in [0.2, 0.25) is 0 Å². The van der Waals surface area contributed by atoms with Crippen molar-refractivity contribution in [2.45, 2.75) is 19.1 Å². The molecular weight excluding hydrogens is 255 g/mol. The number of anilines is 2. The van der Waals surface area contributed by atoms with Crippen LogP contribution in [0.5, 0.6) is 0 Å². The number of halogens is 3. The molecule has 1 aliphatic rings. The molecule has 1 aromatic carbocycles. The summed E-state index contributed by atoms with van der Waals surface area (Å²) in [6, 6.07) is 3.93. The quantitative estimate of drug-likeness (QED) is 0.798. The highest BCUT2D eigenvalue weighted by Crippen LogP contribution is 2.34. The maximum atomic E-state index is 12.6. The zero-order valence-electron chi connectivity index (χ0n) is 11.0. The Morgan fingerprint density at radius 2 is 1.95 bits per heavy atom. The fraction of sp³-hybridized carbons (Fsp3) is 0.538. The first-order chi connectivity index (χ1) is 8.79. The van der Waals surface area contributed by atoms with E-state index in [1.165, 1.54) is 6.07 Å². The van der Waals surface area contributed by atoms with Crippen LogP contribution in [0.1, 0.15) is 12.5 Å². The molecule has 0 saturated carbocycles. The van der Waals surface area contributed by atoms with Crippen molar-refractivity contribution in [3.63, 3.8) is 0 Å². The average Bonchev–Trinajstić information content (AvgIpc) is 2.31. The Kier molecular flexibility index (Phi) is 3.62. The van der Waals surface area contributed by atoms with Gasteiger partial charge in [-0.05, 0) is 32.2 Å². The zero-order valence-corrected chi connectivity index (χ0v) is 11.0. The number of hydrogen-bond acceptors (Lipinski definition) is 3. The Balaban J connectivity index is 2.22. The molecule has 6 heteroatoms. The van der Waals surface area contributed by atoms with Crippen molar-refractivity contribution in [2.24, 2.45) is 0 Å². The summed E-state index contributed by atoms with van der Waals surface area (Å²) in [6.45, 7) is 4.51. The van der Waals surface area contributed by atoms with Crippen LogP contribution in [-0.2, 0) is 6.18 Å². The Labute approximate surface area is 110 Å². The lowest BCUT2D eigenvalue weighted by molar-refractivity contribution is -0.137. The minimum atomic E-state index is -4.35. The van der Waals surface area contributed by atoms with E-state index in [1.807, 2.05) is 11.9 Å². The summed E-state index contributed by atoms with van der Waals surface area (Å²) < 4.78 is 37.7. The third kappa shape index (κ3) is 2.94. The van der Waals surface area contributed by atoms with E-state index in [2.05, 4.69) is 11.8 Å². The minimum absolute atomic E-state index is 0.187. The predicted octanol–water partition coefficient (Wildman–Crippen LogP) is 2.43. The average molecular weight is 273 g/mol. The summed E-state index contributed by atoms with van der Waals surface area (Å²) in [5.74, 6) is 0. The summed E-state index contributed by atoms with van der Waals surface area (Å²) in [5.41, 5.74) is 5.95. The van der Waals surface area contributed by atoms with E-state index in [4.69, 9.17) is 5.73 Å². The van der Waals surface area contributed by atoms with Gasteiger partial charge in [0.15, 0.2) is 0 Å². The molecule has 1 atom stereocenters. The SMILES string of the molecule is CC1CN(c2ccc(C(F)(F)F)cc2N)CCN1C. The molecule has 0 aliphatic carbocycles. The molecule has 106 valence electrons. The van der Waals surface area contributed by atoms with Crippen LogP contribution in [0.25, 0.3) is 0 Å². The summed E-state index contributed by atoms with van der Waals surface area (Å²) in [4.78, 5) is 4.26. The molecule has 1 aliphatic heterocycles. The van der Waals surface area contributed by atoms with Crippen molar-refractivity contribution in [1.82, 2.24) is 4.90 Å². The molecule has 1 heterocycles. The molecule has 3 nitrogen and oxygen atoms in total. The van der Waals surface area contributed by atoms with Gasteiger partial charge in [0.05, 0.1) is 16.9 Å². The zero-order chi connectivity index (χ0) is 14.2. The first kappa shape index (κ1) is 14.0. The molecule has 1 unspecified atom stereocenters. The predicted molar refractivity (Wildman–Crippen MR) is 70.2 cm³/mol. The van der Waals surface area contributed by atoms with Crippen molar-refractivity contribution in [3.05, 3.63) is 23.8 Å². The van der Waals surface area contributed by atoms with Gasteiger partial charge in [-0.2, -0.15) is 13.2 Å². The van der Waals surface area contributed by atoms with E-state index in [0.29, 0.717) is 11.7 Å². The maximum Gasteiger partial charge on any atom is 0.416 e. The third-order valence-electron chi connectivity index (χ3n) is 3.66. The van der Waals surface area contributed by atoms with Gasteiger partial charge >= 0.3 is 6.18 Å². The normalized spacial score (nSPS) is 21.7. The van der Waals surface area contributed by atoms with E-state index in [0.717, 1.165) is 31.8 Å². The molecule has 1 aromatic rings. The van der Waals surface area contributed by atoms with Crippen molar-refractivity contribution < 1.29 is 13.2 Å². The van der Waals surface area contributed by atoms with Crippen LogP contribution in [0.4, 0.5) is 24.5 Å². The van der Waals surface area contributed by atoms with E-state index in [1.54, 1.807) is 0 Å². The van der Waals surface area contributed by atoms with Crippen molar-refractivity contribution in [3.8, 4) is 0 Å². The molecule has 19 heavy (non-hydrogen) atoms. The standard InChI is InChI=1S/C13H18F3N3/c1-9-8-19(6-5-18(9)2)12-4-3-10(7-11(12)17)13(14,15)16/h3-4,7,9H,5-6,8,17H2,1-2H3. The lowest BCUT2D eigenvalue weighted by atomic mass is 10.1. The van der Waals surface area contributed by atoms with Crippen LogP contribution in [0.3, 0.4) is 0 Å². The Morgan fingerprint density at radius 3 is 2.47 bits per heavy atom. The Bertz CT molecular complexity index is 459. The van der Waals surface area contributed by atoms with Crippen LogP contribution < -0.4 is 10.6 Å². The second kappa shape index (κ2) is 4.92. The molecule has 1 saturated heterocycles. The molecule has 0 radical (unpaired) electrons. The maximum absolute atomic E-state index is 12.6. The first-order valence-corrected chi connectivity index (χ1v) is 6.21. The first-order valence-electron chi connectivity index (χ1n) is 6.21. The van der Waals surface area contributed by atoms with Gasteiger partial charge in [0.1, 0.15) is 0 Å². The van der Waals surface area contributed by atoms with Gasteiger partial charge < -0.3 is 15.5 Å². The lowest BCUT2D eigenvalue weighted by Gasteiger charge is -2.39. The topological polar surface area (TPSA) is 32.5 Å². The molecule has 2 rings (SSSR count). The summed E-state index contributed by atoms with van der Waals surface area (Å²) in [6.07, 6.45) is -4.35. The Hall–Kier alpha value is -1.43. The number of piperazine rings is 1. The summed E-state index contributed by atoms with van der Waals surface area (Å²) >= 11 is 0. The Morgan fingerprint density at radius 1 is 1.26 bits per heavy atom. The molecule has 0 spiro atoms. The van der Waals surface area contributed by atoms with Crippen LogP contribution in [0.15, 0.2) is 18.2 Å². The molecule has 0 bridgehead atoms. The molecule has 0 amide bonds. The van der Waals surface area contributed by atoms with Crippen LogP contribution >= 0.6 is 0 Å². The molecule has 0 aromatic heterocycles. The van der Waals surface area contributed by atoms with E-state index in [-0.39, 0.29) is 5.69 Å². The molecule has 2 N–H and O–H groups in total. The lowest BCUT2D eigenvalue weighted by Crippen LogP contribution is -2.50. The van der Waals surface area contributed by atoms with Gasteiger partial charge in [0, 0.05) is 25.7 Å². The monoisotopic (exact) mass is 273 g/mol. The second-order valence-corrected chi connectivity index (χ2v) is 5.05. The highest BCUT2D eigenvalue weighted by Gasteiger charge is 2.31. The number of hydrogen-bond donors (Lipinski definition) is 1. The number of nitrogens with zero attached hydrogens (tertiary/aromatic N) is 2. The number of benzene rings is 1. The van der Waals surface area contributed by atoms with E-state index in [9.17, 15) is 13.2 Å². The van der Waals surface area contributed by atoms with Crippen LogP contribution in [0.2, 0.25) is 0 Å². The molecule has 1 fully saturated rings. The number of rotatable bonds is 1. The largest absolute Gasteiger partial charge is 0.416 e. The van der Waals surface area contributed by atoms with Crippen molar-refractivity contribution in [2.75, 3.05) is 37.3 Å². The second-order valence-electron chi connectivity index (χ2n) is 5.05. The van der Waals surface area contributed by atoms with Gasteiger partial charge in [-0.15, -0.1) is 0 Å². The van der Waals surface area contributed by atoms with Crippen molar-refractivity contribution in [1.29, 1.82) is 0 Å². The smallest absolute Gasteiger partial charge is 0.397 e. The highest BCUT2D eigenvalue weighted by atomic mass is 19.4. The molecular formula is C13H18F3N3. The van der Waals surface area contributed by atoms with Crippen LogP contribution in [-0.4, -0.2) is 37.6 Å². The highest BCUT2D eigenvalue weighted by molar-refractivity contribution is 5.69. The van der Waals surface area contributed by atoms with Gasteiger partial charge in [0.25, 0.3) is 0 Å². The fourth-order valence-corrected chi connectivity index (χ4v) is 2.29. The van der Waals surface area contributed by atoms with E-state index >= 15 is 0 Å². The fourth-order valence-electron chi connectivity index (χ4n) is 2.29. The number of nitrogens with two attached hydrogens (primary N) is 1. The van der Waals surface area contributed by atoms with Gasteiger partial charge in [-0.1, -0.05) is 0 Å². The minimum Gasteiger partial charge on any atom is -0.397 e. The number of likely N-dealkylation sites (N-methyl/N-ethyl adjacent to an activating group) is 1.